The minimum Gasteiger partial charge on any atom is -0.361 e. The lowest BCUT2D eigenvalue weighted by Crippen LogP contribution is -2.14. The molecule has 0 bridgehead atoms. The van der Waals surface area contributed by atoms with Crippen LogP contribution in [-0.2, 0) is 12.8 Å². The van der Waals surface area contributed by atoms with E-state index in [1.165, 1.54) is 28.5 Å². The van der Waals surface area contributed by atoms with Crippen molar-refractivity contribution in [2.75, 3.05) is 13.1 Å². The number of benzene rings is 1. The van der Waals surface area contributed by atoms with E-state index in [9.17, 15) is 0 Å². The van der Waals surface area contributed by atoms with Gasteiger partial charge in [-0.1, -0.05) is 32.0 Å². The normalized spacial score (nSPS) is 11.2. The monoisotopic (exact) mass is 230 g/mol. The van der Waals surface area contributed by atoms with Gasteiger partial charge in [0.2, 0.25) is 0 Å². The summed E-state index contributed by atoms with van der Waals surface area (Å²) in [6.45, 7) is 6.53. The molecule has 1 heterocycles. The van der Waals surface area contributed by atoms with Crippen LogP contribution < -0.4 is 5.32 Å². The number of nitrogens with one attached hydrogen (secondary N) is 2. The molecule has 0 spiro atoms. The average molecular weight is 230 g/mol. The molecule has 2 rings (SSSR count). The highest BCUT2D eigenvalue weighted by atomic mass is 14.8. The zero-order valence-electron chi connectivity index (χ0n) is 10.8. The number of H-pyrrole nitrogens is 1. The SMILES string of the molecule is CCNCCCc1c[nH]c2c(CC)cccc12. The Morgan fingerprint density at radius 1 is 1.18 bits per heavy atom. The van der Waals surface area contributed by atoms with Crippen LogP contribution in [0.2, 0.25) is 0 Å². The number of aromatic amines is 1. The van der Waals surface area contributed by atoms with Crippen molar-refractivity contribution in [1.29, 1.82) is 0 Å². The van der Waals surface area contributed by atoms with E-state index in [2.05, 4.69) is 48.5 Å². The van der Waals surface area contributed by atoms with Gasteiger partial charge < -0.3 is 10.3 Å². The molecule has 0 aliphatic carbocycles. The first kappa shape index (κ1) is 12.2. The third-order valence-corrected chi connectivity index (χ3v) is 3.32. The Morgan fingerprint density at radius 3 is 2.82 bits per heavy atom. The maximum atomic E-state index is 3.43. The second-order valence-electron chi connectivity index (χ2n) is 4.46. The molecule has 2 aromatic rings. The van der Waals surface area contributed by atoms with Gasteiger partial charge in [0.1, 0.15) is 0 Å². The van der Waals surface area contributed by atoms with Crippen molar-refractivity contribution < 1.29 is 0 Å². The molecule has 17 heavy (non-hydrogen) atoms. The molecule has 1 aromatic heterocycles. The van der Waals surface area contributed by atoms with Crippen molar-refractivity contribution >= 4 is 10.9 Å². The Hall–Kier alpha value is -1.28. The van der Waals surface area contributed by atoms with Gasteiger partial charge in [0, 0.05) is 17.1 Å². The van der Waals surface area contributed by atoms with Crippen molar-refractivity contribution in [3.05, 3.63) is 35.5 Å². The molecule has 2 N–H and O–H groups in total. The number of fused-ring (bicyclic) bond motifs is 1. The predicted octanol–water partition coefficient (Wildman–Crippen LogP) is 3.27. The largest absolute Gasteiger partial charge is 0.361 e. The van der Waals surface area contributed by atoms with Crippen molar-refractivity contribution in [2.24, 2.45) is 0 Å². The fourth-order valence-electron chi connectivity index (χ4n) is 2.36. The summed E-state index contributed by atoms with van der Waals surface area (Å²) >= 11 is 0. The van der Waals surface area contributed by atoms with Crippen molar-refractivity contribution in [3.63, 3.8) is 0 Å². The van der Waals surface area contributed by atoms with Crippen LogP contribution in [0.5, 0.6) is 0 Å². The molecular weight excluding hydrogens is 208 g/mol. The third-order valence-electron chi connectivity index (χ3n) is 3.32. The van der Waals surface area contributed by atoms with Gasteiger partial charge in [0.15, 0.2) is 0 Å². The van der Waals surface area contributed by atoms with Crippen LogP contribution >= 0.6 is 0 Å². The Kier molecular flexibility index (Phi) is 4.21. The standard InChI is InChI=1S/C15H22N2/c1-3-12-7-5-9-14-13(11-17-15(12)14)8-6-10-16-4-2/h5,7,9,11,16-17H,3-4,6,8,10H2,1-2H3. The van der Waals surface area contributed by atoms with E-state index in [0.29, 0.717) is 0 Å². The molecular formula is C15H22N2. The second-order valence-corrected chi connectivity index (χ2v) is 4.46. The topological polar surface area (TPSA) is 27.8 Å². The summed E-state index contributed by atoms with van der Waals surface area (Å²) in [6, 6.07) is 6.61. The Balaban J connectivity index is 2.13. The van der Waals surface area contributed by atoms with Crippen LogP contribution in [-0.4, -0.2) is 18.1 Å². The Labute approximate surface area is 103 Å². The van der Waals surface area contributed by atoms with Gasteiger partial charge in [0.25, 0.3) is 0 Å². The average Bonchev–Trinajstić information content (AvgIpc) is 2.78. The minimum atomic E-state index is 1.06. The quantitative estimate of drug-likeness (QED) is 0.732. The van der Waals surface area contributed by atoms with Gasteiger partial charge in [-0.2, -0.15) is 0 Å². The summed E-state index contributed by atoms with van der Waals surface area (Å²) < 4.78 is 0. The summed E-state index contributed by atoms with van der Waals surface area (Å²) in [4.78, 5) is 3.43. The van der Waals surface area contributed by atoms with Gasteiger partial charge in [-0.05, 0) is 43.5 Å². The lowest BCUT2D eigenvalue weighted by Gasteiger charge is -2.02. The molecule has 0 unspecified atom stereocenters. The third kappa shape index (κ3) is 2.70. The molecule has 0 fully saturated rings. The molecule has 0 radical (unpaired) electrons. The van der Waals surface area contributed by atoms with E-state index >= 15 is 0 Å². The summed E-state index contributed by atoms with van der Waals surface area (Å²) in [5, 5.41) is 4.77. The first-order valence-corrected chi connectivity index (χ1v) is 6.65. The van der Waals surface area contributed by atoms with Crippen molar-refractivity contribution in [1.82, 2.24) is 10.3 Å². The molecule has 0 saturated carbocycles. The van der Waals surface area contributed by atoms with Crippen LogP contribution in [0.1, 0.15) is 31.4 Å². The highest BCUT2D eigenvalue weighted by molar-refractivity contribution is 5.86. The fourth-order valence-corrected chi connectivity index (χ4v) is 2.36. The van der Waals surface area contributed by atoms with Gasteiger partial charge in [-0.25, -0.2) is 0 Å². The highest BCUT2D eigenvalue weighted by Gasteiger charge is 2.05. The van der Waals surface area contributed by atoms with Gasteiger partial charge >= 0.3 is 0 Å². The molecule has 2 nitrogen and oxygen atoms in total. The molecule has 2 heteroatoms. The highest BCUT2D eigenvalue weighted by Crippen LogP contribution is 2.22. The first-order chi connectivity index (χ1) is 8.36. The Bertz CT molecular complexity index is 471. The number of hydrogen-bond acceptors (Lipinski definition) is 1. The maximum absolute atomic E-state index is 3.43. The first-order valence-electron chi connectivity index (χ1n) is 6.65. The summed E-state index contributed by atoms with van der Waals surface area (Å²) in [5.41, 5.74) is 4.20. The van der Waals surface area contributed by atoms with E-state index in [1.807, 2.05) is 0 Å². The number of rotatable bonds is 6. The molecule has 1 aromatic carbocycles. The zero-order valence-corrected chi connectivity index (χ0v) is 10.8. The molecule has 0 amide bonds. The summed E-state index contributed by atoms with van der Waals surface area (Å²) in [6.07, 6.45) is 5.63. The number of aryl methyl sites for hydroxylation is 2. The molecule has 0 atom stereocenters. The number of aromatic nitrogens is 1. The molecule has 0 saturated heterocycles. The smallest absolute Gasteiger partial charge is 0.0489 e. The maximum Gasteiger partial charge on any atom is 0.0489 e. The minimum absolute atomic E-state index is 1.06. The van der Waals surface area contributed by atoms with E-state index in [-0.39, 0.29) is 0 Å². The summed E-state index contributed by atoms with van der Waals surface area (Å²) in [5.74, 6) is 0. The van der Waals surface area contributed by atoms with E-state index < -0.39 is 0 Å². The van der Waals surface area contributed by atoms with Crippen LogP contribution in [0.25, 0.3) is 10.9 Å². The van der Waals surface area contributed by atoms with E-state index in [4.69, 9.17) is 0 Å². The van der Waals surface area contributed by atoms with Gasteiger partial charge in [-0.3, -0.25) is 0 Å². The van der Waals surface area contributed by atoms with Crippen LogP contribution in [0.3, 0.4) is 0 Å². The van der Waals surface area contributed by atoms with Crippen LogP contribution in [0, 0.1) is 0 Å². The second kappa shape index (κ2) is 5.87. The number of hydrogen-bond donors (Lipinski definition) is 2. The van der Waals surface area contributed by atoms with E-state index in [1.54, 1.807) is 0 Å². The van der Waals surface area contributed by atoms with Crippen LogP contribution in [0.4, 0.5) is 0 Å². The molecule has 92 valence electrons. The lowest BCUT2D eigenvalue weighted by atomic mass is 10.0. The summed E-state index contributed by atoms with van der Waals surface area (Å²) in [7, 11) is 0. The van der Waals surface area contributed by atoms with Gasteiger partial charge in [-0.15, -0.1) is 0 Å². The van der Waals surface area contributed by atoms with Crippen molar-refractivity contribution in [2.45, 2.75) is 33.1 Å². The van der Waals surface area contributed by atoms with Crippen molar-refractivity contribution in [3.8, 4) is 0 Å². The molecule has 0 aliphatic heterocycles. The van der Waals surface area contributed by atoms with Crippen LogP contribution in [0.15, 0.2) is 24.4 Å². The fraction of sp³-hybridized carbons (Fsp3) is 0.467. The van der Waals surface area contributed by atoms with Gasteiger partial charge in [0.05, 0.1) is 0 Å². The molecule has 0 aliphatic rings. The Morgan fingerprint density at radius 2 is 2.06 bits per heavy atom. The number of para-hydroxylation sites is 1. The van der Waals surface area contributed by atoms with E-state index in [0.717, 1.165) is 25.9 Å². The zero-order chi connectivity index (χ0) is 12.1. The predicted molar refractivity (Wildman–Crippen MR) is 74.5 cm³/mol. The lowest BCUT2D eigenvalue weighted by molar-refractivity contribution is 0.674.